The number of hydrogen-bond acceptors (Lipinski definition) is 5. The zero-order chi connectivity index (χ0) is 18.4. The van der Waals surface area contributed by atoms with Gasteiger partial charge in [0.25, 0.3) is 5.56 Å². The number of hydrogen-bond donors (Lipinski definition) is 1. The third-order valence-corrected chi connectivity index (χ3v) is 4.66. The molecule has 1 aromatic heterocycles. The molecule has 1 saturated heterocycles. The number of para-hydroxylation sites is 1. The van der Waals surface area contributed by atoms with Gasteiger partial charge in [0.1, 0.15) is 0 Å². The monoisotopic (exact) mass is 358 g/mol. The molecular formula is C19H26N4O3. The highest BCUT2D eigenvalue weighted by atomic mass is 16.5. The molecule has 3 rings (SSSR count). The van der Waals surface area contributed by atoms with Crippen LogP contribution in [0.4, 0.5) is 0 Å². The first-order chi connectivity index (χ1) is 12.6. The Morgan fingerprint density at radius 3 is 3.12 bits per heavy atom. The Morgan fingerprint density at radius 1 is 1.38 bits per heavy atom. The van der Waals surface area contributed by atoms with Gasteiger partial charge in [-0.15, -0.1) is 0 Å². The summed E-state index contributed by atoms with van der Waals surface area (Å²) >= 11 is 0. The zero-order valence-corrected chi connectivity index (χ0v) is 15.2. The van der Waals surface area contributed by atoms with Crippen molar-refractivity contribution in [3.05, 3.63) is 40.9 Å². The van der Waals surface area contributed by atoms with Crippen molar-refractivity contribution in [3.8, 4) is 0 Å². The fraction of sp³-hybridized carbons (Fsp3) is 0.526. The molecule has 1 unspecified atom stereocenters. The molecule has 0 spiro atoms. The van der Waals surface area contributed by atoms with E-state index in [1.165, 1.54) is 0 Å². The van der Waals surface area contributed by atoms with Crippen LogP contribution in [0.3, 0.4) is 0 Å². The second-order valence-corrected chi connectivity index (χ2v) is 6.87. The van der Waals surface area contributed by atoms with Crippen LogP contribution in [0.5, 0.6) is 0 Å². The number of aryl methyl sites for hydroxylation is 1. The van der Waals surface area contributed by atoms with Crippen LogP contribution in [-0.4, -0.2) is 60.3 Å². The van der Waals surface area contributed by atoms with Crippen LogP contribution >= 0.6 is 0 Å². The molecular weight excluding hydrogens is 332 g/mol. The number of rotatable bonds is 6. The molecule has 7 nitrogen and oxygen atoms in total. The van der Waals surface area contributed by atoms with Crippen molar-refractivity contribution >= 4 is 16.8 Å². The Kier molecular flexibility index (Phi) is 6.35. The number of aromatic nitrogens is 2. The van der Waals surface area contributed by atoms with Gasteiger partial charge in [-0.25, -0.2) is 4.98 Å². The van der Waals surface area contributed by atoms with E-state index in [2.05, 4.69) is 22.2 Å². The maximum absolute atomic E-state index is 12.4. The molecule has 7 heteroatoms. The van der Waals surface area contributed by atoms with E-state index in [9.17, 15) is 9.59 Å². The molecule has 1 aromatic carbocycles. The average molecular weight is 358 g/mol. The second-order valence-electron chi connectivity index (χ2n) is 6.87. The molecule has 140 valence electrons. The number of amides is 1. The van der Waals surface area contributed by atoms with E-state index in [4.69, 9.17) is 4.74 Å². The Morgan fingerprint density at radius 2 is 2.23 bits per heavy atom. The normalized spacial score (nSPS) is 18.6. The molecule has 0 radical (unpaired) electrons. The van der Waals surface area contributed by atoms with Crippen LogP contribution in [0.1, 0.15) is 12.8 Å². The van der Waals surface area contributed by atoms with E-state index in [1.807, 2.05) is 18.2 Å². The van der Waals surface area contributed by atoms with Gasteiger partial charge in [0.2, 0.25) is 5.91 Å². The predicted molar refractivity (Wildman–Crippen MR) is 100 cm³/mol. The number of benzene rings is 1. The summed E-state index contributed by atoms with van der Waals surface area (Å²) in [6.45, 7) is 4.40. The maximum atomic E-state index is 12.4. The number of likely N-dealkylation sites (N-methyl/N-ethyl adjacent to an activating group) is 1. The minimum Gasteiger partial charge on any atom is -0.380 e. The first-order valence-electron chi connectivity index (χ1n) is 9.10. The summed E-state index contributed by atoms with van der Waals surface area (Å²) in [4.78, 5) is 31.0. The lowest BCUT2D eigenvalue weighted by atomic mass is 10.1. The number of nitrogens with zero attached hydrogens (tertiary/aromatic N) is 3. The number of carbonyl (C=O) groups is 1. The maximum Gasteiger partial charge on any atom is 0.261 e. The van der Waals surface area contributed by atoms with Gasteiger partial charge < -0.3 is 15.0 Å². The molecule has 1 amide bonds. The van der Waals surface area contributed by atoms with Crippen LogP contribution in [0.15, 0.2) is 35.4 Å². The largest absolute Gasteiger partial charge is 0.380 e. The highest BCUT2D eigenvalue weighted by molar-refractivity contribution is 5.77. The van der Waals surface area contributed by atoms with E-state index in [1.54, 1.807) is 17.0 Å². The van der Waals surface area contributed by atoms with E-state index >= 15 is 0 Å². The van der Waals surface area contributed by atoms with Crippen molar-refractivity contribution in [2.45, 2.75) is 19.4 Å². The molecule has 2 aromatic rings. The van der Waals surface area contributed by atoms with Crippen molar-refractivity contribution in [1.29, 1.82) is 0 Å². The first kappa shape index (κ1) is 18.5. The Hall–Kier alpha value is -2.25. The highest BCUT2D eigenvalue weighted by Gasteiger charge is 2.16. The van der Waals surface area contributed by atoms with E-state index in [0.29, 0.717) is 49.4 Å². The molecule has 0 aliphatic carbocycles. The summed E-state index contributed by atoms with van der Waals surface area (Å²) < 4.78 is 7.13. The van der Waals surface area contributed by atoms with Crippen LogP contribution in [0, 0.1) is 5.92 Å². The molecule has 1 atom stereocenters. The van der Waals surface area contributed by atoms with Gasteiger partial charge in [-0.2, -0.15) is 0 Å². The Balaban J connectivity index is 1.45. The summed E-state index contributed by atoms with van der Waals surface area (Å²) in [6, 6.07) is 7.29. The standard InChI is InChI=1S/C19H26N4O3/c1-22-9-10-26-13-15(12-22)11-20-18(24)7-4-8-23-14-21-17-6-3-2-5-16(17)19(23)25/h2-3,5-6,14-15H,4,7-13H2,1H3,(H,20,24). The SMILES string of the molecule is CN1CCOCC(CNC(=O)CCCn2cnc3ccccc3c2=O)C1. The molecule has 0 saturated carbocycles. The van der Waals surface area contributed by atoms with E-state index in [0.717, 1.165) is 19.7 Å². The predicted octanol–water partition coefficient (Wildman–Crippen LogP) is 0.871. The zero-order valence-electron chi connectivity index (χ0n) is 15.2. The number of fused-ring (bicyclic) bond motifs is 1. The van der Waals surface area contributed by atoms with Crippen LogP contribution in [0.25, 0.3) is 10.9 Å². The molecule has 1 fully saturated rings. The number of carbonyl (C=O) groups excluding carboxylic acids is 1. The van der Waals surface area contributed by atoms with Crippen molar-refractivity contribution in [1.82, 2.24) is 19.8 Å². The van der Waals surface area contributed by atoms with Gasteiger partial charge in [0.15, 0.2) is 0 Å². The van der Waals surface area contributed by atoms with E-state index < -0.39 is 0 Å². The molecule has 1 aliphatic rings. The van der Waals surface area contributed by atoms with Crippen molar-refractivity contribution in [3.63, 3.8) is 0 Å². The van der Waals surface area contributed by atoms with Gasteiger partial charge in [0, 0.05) is 38.5 Å². The Labute approximate surface area is 153 Å². The van der Waals surface area contributed by atoms with E-state index in [-0.39, 0.29) is 11.5 Å². The van der Waals surface area contributed by atoms with Gasteiger partial charge >= 0.3 is 0 Å². The van der Waals surface area contributed by atoms with Gasteiger partial charge in [-0.1, -0.05) is 12.1 Å². The lowest BCUT2D eigenvalue weighted by Crippen LogP contribution is -2.35. The molecule has 1 N–H and O–H groups in total. The summed E-state index contributed by atoms with van der Waals surface area (Å²) in [6.07, 6.45) is 2.55. The van der Waals surface area contributed by atoms with Gasteiger partial charge in [-0.05, 0) is 25.6 Å². The number of ether oxygens (including phenoxy) is 1. The minimum absolute atomic E-state index is 0.0127. The molecule has 1 aliphatic heterocycles. The topological polar surface area (TPSA) is 76.5 Å². The van der Waals surface area contributed by atoms with Crippen LogP contribution in [-0.2, 0) is 16.1 Å². The van der Waals surface area contributed by atoms with Crippen molar-refractivity contribution in [2.75, 3.05) is 39.9 Å². The molecule has 2 heterocycles. The molecule has 0 bridgehead atoms. The molecule has 26 heavy (non-hydrogen) atoms. The lowest BCUT2D eigenvalue weighted by molar-refractivity contribution is -0.121. The third-order valence-electron chi connectivity index (χ3n) is 4.66. The first-order valence-corrected chi connectivity index (χ1v) is 9.10. The van der Waals surface area contributed by atoms with Gasteiger partial charge in [-0.3, -0.25) is 14.2 Å². The minimum atomic E-state index is -0.0605. The Bertz CT molecular complexity index is 805. The third kappa shape index (κ3) is 4.89. The van der Waals surface area contributed by atoms with Crippen LogP contribution < -0.4 is 10.9 Å². The van der Waals surface area contributed by atoms with Crippen molar-refractivity contribution in [2.24, 2.45) is 5.92 Å². The van der Waals surface area contributed by atoms with Crippen molar-refractivity contribution < 1.29 is 9.53 Å². The summed E-state index contributed by atoms with van der Waals surface area (Å²) in [5.41, 5.74) is 0.636. The lowest BCUT2D eigenvalue weighted by Gasteiger charge is -2.19. The van der Waals surface area contributed by atoms with Gasteiger partial charge in [0.05, 0.1) is 30.4 Å². The summed E-state index contributed by atoms with van der Waals surface area (Å²) in [5, 5.41) is 3.59. The summed E-state index contributed by atoms with van der Waals surface area (Å²) in [7, 11) is 2.07. The second kappa shape index (κ2) is 8.91. The number of nitrogens with one attached hydrogen (secondary N) is 1. The fourth-order valence-electron chi connectivity index (χ4n) is 3.20. The summed E-state index contributed by atoms with van der Waals surface area (Å²) in [5.74, 6) is 0.331. The fourth-order valence-corrected chi connectivity index (χ4v) is 3.20. The smallest absolute Gasteiger partial charge is 0.261 e. The highest BCUT2D eigenvalue weighted by Crippen LogP contribution is 2.06. The van der Waals surface area contributed by atoms with Crippen LogP contribution in [0.2, 0.25) is 0 Å². The average Bonchev–Trinajstić information content (AvgIpc) is 2.86. The quantitative estimate of drug-likeness (QED) is 0.829.